The molecule has 92 valence electrons. The number of aliphatic hydroxyl groups excluding tert-OH is 1. The number of hydrogen-bond acceptors (Lipinski definition) is 3. The number of hydrogen-bond donors (Lipinski definition) is 1. The first-order valence-corrected chi connectivity index (χ1v) is 6.11. The van der Waals surface area contributed by atoms with Gasteiger partial charge in [-0.15, -0.1) is 0 Å². The number of aliphatic hydroxyl groups is 1. The van der Waals surface area contributed by atoms with Crippen LogP contribution in [0.2, 0.25) is 0 Å². The van der Waals surface area contributed by atoms with E-state index in [1.165, 1.54) is 0 Å². The van der Waals surface area contributed by atoms with Crippen molar-refractivity contribution in [3.8, 4) is 0 Å². The Labute approximate surface area is 101 Å². The van der Waals surface area contributed by atoms with Crippen LogP contribution in [0.25, 0.3) is 0 Å². The molecule has 0 unspecified atom stereocenters. The van der Waals surface area contributed by atoms with Gasteiger partial charge in [-0.3, -0.25) is 9.78 Å². The first kappa shape index (κ1) is 12.0. The molecule has 2 rings (SSSR count). The molecule has 1 aliphatic rings. The van der Waals surface area contributed by atoms with E-state index in [1.54, 1.807) is 6.20 Å². The summed E-state index contributed by atoms with van der Waals surface area (Å²) in [6.45, 7) is 1.37. The van der Waals surface area contributed by atoms with Crippen LogP contribution in [0.15, 0.2) is 24.4 Å². The molecule has 1 fully saturated rings. The van der Waals surface area contributed by atoms with Crippen molar-refractivity contribution in [2.24, 2.45) is 0 Å². The molecule has 17 heavy (non-hydrogen) atoms. The van der Waals surface area contributed by atoms with Crippen molar-refractivity contribution in [1.82, 2.24) is 9.88 Å². The Morgan fingerprint density at radius 3 is 2.82 bits per heavy atom. The van der Waals surface area contributed by atoms with Crippen molar-refractivity contribution in [1.29, 1.82) is 0 Å². The summed E-state index contributed by atoms with van der Waals surface area (Å²) in [5.41, 5.74) is 0.956. The minimum absolute atomic E-state index is 0.169. The third-order valence-electron chi connectivity index (χ3n) is 3.14. The molecule has 1 aromatic heterocycles. The lowest BCUT2D eigenvalue weighted by Crippen LogP contribution is -2.40. The van der Waals surface area contributed by atoms with Gasteiger partial charge in [0.15, 0.2) is 0 Å². The molecule has 1 amide bonds. The number of nitrogens with zero attached hydrogens (tertiary/aromatic N) is 2. The van der Waals surface area contributed by atoms with Crippen LogP contribution in [-0.4, -0.2) is 40.1 Å². The van der Waals surface area contributed by atoms with Gasteiger partial charge in [0.25, 0.3) is 0 Å². The standard InChI is InChI=1S/C13H18N2O2/c16-12-6-9-15(10-7-12)13(17)5-4-11-3-1-2-8-14-11/h1-3,8,12,16H,4-7,9-10H2. The van der Waals surface area contributed by atoms with Crippen LogP contribution in [0.5, 0.6) is 0 Å². The quantitative estimate of drug-likeness (QED) is 0.848. The summed E-state index contributed by atoms with van der Waals surface area (Å²) in [5, 5.41) is 9.37. The monoisotopic (exact) mass is 234 g/mol. The number of aryl methyl sites for hydroxylation is 1. The van der Waals surface area contributed by atoms with Crippen LogP contribution in [0.1, 0.15) is 25.0 Å². The van der Waals surface area contributed by atoms with E-state index in [0.717, 1.165) is 5.69 Å². The lowest BCUT2D eigenvalue weighted by molar-refractivity contribution is -0.133. The van der Waals surface area contributed by atoms with E-state index in [2.05, 4.69) is 4.98 Å². The van der Waals surface area contributed by atoms with Gasteiger partial charge in [-0.1, -0.05) is 6.07 Å². The maximum absolute atomic E-state index is 11.9. The maximum atomic E-state index is 11.9. The van der Waals surface area contributed by atoms with Crippen LogP contribution < -0.4 is 0 Å². The minimum atomic E-state index is -0.227. The predicted octanol–water partition coefficient (Wildman–Crippen LogP) is 0.998. The van der Waals surface area contributed by atoms with Crippen molar-refractivity contribution in [3.63, 3.8) is 0 Å². The maximum Gasteiger partial charge on any atom is 0.222 e. The minimum Gasteiger partial charge on any atom is -0.393 e. The Hall–Kier alpha value is -1.42. The largest absolute Gasteiger partial charge is 0.393 e. The molecule has 1 saturated heterocycles. The van der Waals surface area contributed by atoms with Crippen molar-refractivity contribution in [2.75, 3.05) is 13.1 Å². The average Bonchev–Trinajstić information content (AvgIpc) is 2.38. The fraction of sp³-hybridized carbons (Fsp3) is 0.538. The number of carbonyl (C=O) groups is 1. The lowest BCUT2D eigenvalue weighted by Gasteiger charge is -2.29. The SMILES string of the molecule is O=C(CCc1ccccn1)N1CCC(O)CC1. The summed E-state index contributed by atoms with van der Waals surface area (Å²) in [6, 6.07) is 5.74. The average molecular weight is 234 g/mol. The molecular weight excluding hydrogens is 216 g/mol. The second kappa shape index (κ2) is 5.77. The van der Waals surface area contributed by atoms with Crippen molar-refractivity contribution in [2.45, 2.75) is 31.8 Å². The summed E-state index contributed by atoms with van der Waals surface area (Å²) in [6.07, 6.45) is 4.13. The zero-order valence-corrected chi connectivity index (χ0v) is 9.88. The molecule has 0 aromatic carbocycles. The van der Waals surface area contributed by atoms with Crippen LogP contribution >= 0.6 is 0 Å². The van der Waals surface area contributed by atoms with Gasteiger partial charge in [-0.2, -0.15) is 0 Å². The number of aromatic nitrogens is 1. The van der Waals surface area contributed by atoms with Crippen LogP contribution in [0, 0.1) is 0 Å². The number of carbonyl (C=O) groups excluding carboxylic acids is 1. The fourth-order valence-corrected chi connectivity index (χ4v) is 2.05. The summed E-state index contributed by atoms with van der Waals surface area (Å²) in [4.78, 5) is 17.9. The van der Waals surface area contributed by atoms with E-state index in [0.29, 0.717) is 38.8 Å². The summed E-state index contributed by atoms with van der Waals surface area (Å²) in [5.74, 6) is 0.169. The van der Waals surface area contributed by atoms with Gasteiger partial charge in [0.05, 0.1) is 6.10 Å². The second-order valence-electron chi connectivity index (χ2n) is 4.43. The van der Waals surface area contributed by atoms with Crippen molar-refractivity contribution < 1.29 is 9.90 Å². The zero-order chi connectivity index (χ0) is 12.1. The predicted molar refractivity (Wildman–Crippen MR) is 64.4 cm³/mol. The highest BCUT2D eigenvalue weighted by atomic mass is 16.3. The molecule has 2 heterocycles. The summed E-state index contributed by atoms with van der Waals surface area (Å²) in [7, 11) is 0. The van der Waals surface area contributed by atoms with E-state index < -0.39 is 0 Å². The second-order valence-corrected chi connectivity index (χ2v) is 4.43. The Morgan fingerprint density at radius 1 is 1.41 bits per heavy atom. The zero-order valence-electron chi connectivity index (χ0n) is 9.88. The van der Waals surface area contributed by atoms with Gasteiger partial charge < -0.3 is 10.0 Å². The van der Waals surface area contributed by atoms with Crippen molar-refractivity contribution >= 4 is 5.91 Å². The molecule has 0 radical (unpaired) electrons. The molecule has 1 aliphatic heterocycles. The van der Waals surface area contributed by atoms with Gasteiger partial charge in [0.1, 0.15) is 0 Å². The van der Waals surface area contributed by atoms with Crippen LogP contribution in [0.3, 0.4) is 0 Å². The third-order valence-corrected chi connectivity index (χ3v) is 3.14. The Balaban J connectivity index is 1.78. The van der Waals surface area contributed by atoms with Gasteiger partial charge in [0.2, 0.25) is 5.91 Å². The molecule has 0 spiro atoms. The van der Waals surface area contributed by atoms with Crippen molar-refractivity contribution in [3.05, 3.63) is 30.1 Å². The van der Waals surface area contributed by atoms with E-state index in [-0.39, 0.29) is 12.0 Å². The Morgan fingerprint density at radius 2 is 2.18 bits per heavy atom. The molecular formula is C13H18N2O2. The number of likely N-dealkylation sites (tertiary alicyclic amines) is 1. The van der Waals surface area contributed by atoms with Gasteiger partial charge in [0, 0.05) is 31.4 Å². The highest BCUT2D eigenvalue weighted by molar-refractivity contribution is 5.76. The smallest absolute Gasteiger partial charge is 0.222 e. The molecule has 4 nitrogen and oxygen atoms in total. The third kappa shape index (κ3) is 3.53. The first-order chi connectivity index (χ1) is 8.25. The van der Waals surface area contributed by atoms with Crippen LogP contribution in [0.4, 0.5) is 0 Å². The summed E-state index contributed by atoms with van der Waals surface area (Å²) >= 11 is 0. The molecule has 1 N–H and O–H groups in total. The van der Waals surface area contributed by atoms with E-state index in [9.17, 15) is 9.90 Å². The van der Waals surface area contributed by atoms with Crippen LogP contribution in [-0.2, 0) is 11.2 Å². The molecule has 0 aliphatic carbocycles. The number of amides is 1. The lowest BCUT2D eigenvalue weighted by atomic mass is 10.1. The Bertz CT molecular complexity index is 359. The van der Waals surface area contributed by atoms with E-state index >= 15 is 0 Å². The number of pyridine rings is 1. The number of rotatable bonds is 3. The normalized spacial score (nSPS) is 17.1. The first-order valence-electron chi connectivity index (χ1n) is 6.11. The molecule has 0 atom stereocenters. The highest BCUT2D eigenvalue weighted by Crippen LogP contribution is 2.11. The molecule has 0 saturated carbocycles. The summed E-state index contributed by atoms with van der Waals surface area (Å²) < 4.78 is 0. The van der Waals surface area contributed by atoms with Gasteiger partial charge in [-0.05, 0) is 31.4 Å². The van der Waals surface area contributed by atoms with Gasteiger partial charge in [-0.25, -0.2) is 0 Å². The number of piperidine rings is 1. The molecule has 1 aromatic rings. The Kier molecular flexibility index (Phi) is 4.09. The van der Waals surface area contributed by atoms with Gasteiger partial charge >= 0.3 is 0 Å². The molecule has 0 bridgehead atoms. The van der Waals surface area contributed by atoms with E-state index in [4.69, 9.17) is 0 Å². The topological polar surface area (TPSA) is 53.4 Å². The molecule has 4 heteroatoms. The highest BCUT2D eigenvalue weighted by Gasteiger charge is 2.20. The van der Waals surface area contributed by atoms with E-state index in [1.807, 2.05) is 23.1 Å². The fourth-order valence-electron chi connectivity index (χ4n) is 2.05.